The summed E-state index contributed by atoms with van der Waals surface area (Å²) in [5.74, 6) is 0.211. The number of amides is 1. The van der Waals surface area contributed by atoms with Crippen molar-refractivity contribution < 1.29 is 4.79 Å². The summed E-state index contributed by atoms with van der Waals surface area (Å²) in [6.45, 7) is 0. The van der Waals surface area contributed by atoms with Crippen LogP contribution in [0, 0.1) is 11.3 Å². The predicted octanol–water partition coefficient (Wildman–Crippen LogP) is 3.20. The SMILES string of the molecule is Cn1nc(C(=O)Nc2nnc(SCc3ccc(C#N)cc3)s2)c2ccccc2c1=O. The molecule has 0 fully saturated rings. The Labute approximate surface area is 179 Å². The summed E-state index contributed by atoms with van der Waals surface area (Å²) in [6.07, 6.45) is 0. The van der Waals surface area contributed by atoms with Crippen LogP contribution < -0.4 is 10.9 Å². The Balaban J connectivity index is 1.48. The number of fused-ring (bicyclic) bond motifs is 1. The van der Waals surface area contributed by atoms with Gasteiger partial charge in [0.25, 0.3) is 11.5 Å². The molecule has 1 amide bonds. The maximum Gasteiger partial charge on any atom is 0.278 e. The van der Waals surface area contributed by atoms with Crippen molar-refractivity contribution in [3.8, 4) is 6.07 Å². The molecule has 0 aliphatic carbocycles. The number of anilines is 1. The third-order valence-electron chi connectivity index (χ3n) is 4.24. The van der Waals surface area contributed by atoms with E-state index >= 15 is 0 Å². The molecule has 0 aliphatic heterocycles. The fourth-order valence-corrected chi connectivity index (χ4v) is 4.47. The van der Waals surface area contributed by atoms with Crippen molar-refractivity contribution >= 4 is 44.9 Å². The average molecular weight is 435 g/mol. The lowest BCUT2D eigenvalue weighted by molar-refractivity contribution is 0.102. The number of nitrogens with zero attached hydrogens (tertiary/aromatic N) is 5. The Bertz CT molecular complexity index is 1340. The molecule has 0 saturated carbocycles. The molecule has 0 atom stereocenters. The van der Waals surface area contributed by atoms with Crippen LogP contribution in [0.1, 0.15) is 21.6 Å². The van der Waals surface area contributed by atoms with Gasteiger partial charge in [0.05, 0.1) is 17.0 Å². The Kier molecular flexibility index (Phi) is 5.56. The second-order valence-electron chi connectivity index (χ2n) is 6.25. The topological polar surface area (TPSA) is 114 Å². The van der Waals surface area contributed by atoms with Gasteiger partial charge in [0.1, 0.15) is 0 Å². The number of thioether (sulfide) groups is 1. The highest BCUT2D eigenvalue weighted by molar-refractivity contribution is 8.00. The molecule has 30 heavy (non-hydrogen) atoms. The maximum atomic E-state index is 12.8. The third kappa shape index (κ3) is 4.07. The van der Waals surface area contributed by atoms with Gasteiger partial charge < -0.3 is 0 Å². The van der Waals surface area contributed by atoms with E-state index in [0.717, 1.165) is 10.2 Å². The summed E-state index contributed by atoms with van der Waals surface area (Å²) in [7, 11) is 1.51. The minimum atomic E-state index is -0.457. The molecule has 2 aromatic carbocycles. The minimum Gasteiger partial charge on any atom is -0.295 e. The van der Waals surface area contributed by atoms with Crippen LogP contribution in [0.5, 0.6) is 0 Å². The molecule has 0 bridgehead atoms. The van der Waals surface area contributed by atoms with E-state index in [2.05, 4.69) is 26.7 Å². The molecule has 2 heterocycles. The quantitative estimate of drug-likeness (QED) is 0.379. The largest absolute Gasteiger partial charge is 0.295 e. The van der Waals surface area contributed by atoms with Crippen LogP contribution in [0.2, 0.25) is 0 Å². The highest BCUT2D eigenvalue weighted by Crippen LogP contribution is 2.28. The standard InChI is InChI=1S/C20H14N6O2S2/c1-26-18(28)15-5-3-2-4-14(15)16(25-26)17(27)22-19-23-24-20(30-19)29-11-13-8-6-12(10-21)7-9-13/h2-9H,11H2,1H3,(H,22,23,27). The fourth-order valence-electron chi connectivity index (χ4n) is 2.76. The summed E-state index contributed by atoms with van der Waals surface area (Å²) in [6, 6.07) is 16.3. The second kappa shape index (κ2) is 8.44. The summed E-state index contributed by atoms with van der Waals surface area (Å²) < 4.78 is 1.85. The van der Waals surface area contributed by atoms with E-state index in [4.69, 9.17) is 5.26 Å². The lowest BCUT2D eigenvalue weighted by Crippen LogP contribution is -2.25. The van der Waals surface area contributed by atoms with Gasteiger partial charge in [-0.05, 0) is 23.8 Å². The summed E-state index contributed by atoms with van der Waals surface area (Å²) in [5.41, 5.74) is 1.55. The molecule has 0 aliphatic rings. The average Bonchev–Trinajstić information content (AvgIpc) is 3.22. The van der Waals surface area contributed by atoms with Crippen molar-refractivity contribution in [1.29, 1.82) is 5.26 Å². The molecule has 4 aromatic rings. The number of nitriles is 1. The van der Waals surface area contributed by atoms with Crippen molar-refractivity contribution in [2.45, 2.75) is 10.1 Å². The molecule has 1 N–H and O–H groups in total. The zero-order chi connectivity index (χ0) is 21.1. The van der Waals surface area contributed by atoms with E-state index in [9.17, 15) is 9.59 Å². The zero-order valence-electron chi connectivity index (χ0n) is 15.7. The molecule has 148 valence electrons. The van der Waals surface area contributed by atoms with E-state index < -0.39 is 5.91 Å². The van der Waals surface area contributed by atoms with Crippen LogP contribution in [-0.4, -0.2) is 25.9 Å². The number of rotatable bonds is 5. The highest BCUT2D eigenvalue weighted by atomic mass is 32.2. The number of aromatic nitrogens is 4. The van der Waals surface area contributed by atoms with E-state index in [1.54, 1.807) is 36.4 Å². The van der Waals surface area contributed by atoms with Gasteiger partial charge in [0.15, 0.2) is 10.0 Å². The molecule has 4 rings (SSSR count). The molecule has 0 unspecified atom stereocenters. The number of aryl methyl sites for hydroxylation is 1. The summed E-state index contributed by atoms with van der Waals surface area (Å²) in [5, 5.41) is 25.0. The predicted molar refractivity (Wildman–Crippen MR) is 116 cm³/mol. The van der Waals surface area contributed by atoms with Crippen molar-refractivity contribution in [3.63, 3.8) is 0 Å². The number of benzene rings is 2. The zero-order valence-corrected chi connectivity index (χ0v) is 17.3. The van der Waals surface area contributed by atoms with E-state index in [-0.39, 0.29) is 11.3 Å². The molecule has 10 heteroatoms. The first-order valence-electron chi connectivity index (χ1n) is 8.78. The number of carbonyl (C=O) groups is 1. The van der Waals surface area contributed by atoms with Gasteiger partial charge in [-0.1, -0.05) is 53.4 Å². The molecule has 0 radical (unpaired) electrons. The Morgan fingerprint density at radius 2 is 1.90 bits per heavy atom. The van der Waals surface area contributed by atoms with Crippen LogP contribution in [0.3, 0.4) is 0 Å². The van der Waals surface area contributed by atoms with Crippen LogP contribution in [-0.2, 0) is 12.8 Å². The lowest BCUT2D eigenvalue weighted by Gasteiger charge is -2.07. The smallest absolute Gasteiger partial charge is 0.278 e. The second-order valence-corrected chi connectivity index (χ2v) is 8.45. The first-order valence-corrected chi connectivity index (χ1v) is 10.6. The van der Waals surface area contributed by atoms with Gasteiger partial charge in [0, 0.05) is 18.2 Å². The van der Waals surface area contributed by atoms with Gasteiger partial charge >= 0.3 is 0 Å². The van der Waals surface area contributed by atoms with E-state index in [0.29, 0.717) is 31.6 Å². The molecular formula is C20H14N6O2S2. The molecular weight excluding hydrogens is 420 g/mol. The third-order valence-corrected chi connectivity index (χ3v) is 6.29. The normalized spacial score (nSPS) is 10.7. The number of carbonyl (C=O) groups excluding carboxylic acids is 1. The molecule has 0 spiro atoms. The van der Waals surface area contributed by atoms with Crippen molar-refractivity contribution in [2.24, 2.45) is 7.05 Å². The van der Waals surface area contributed by atoms with Crippen LogP contribution in [0.25, 0.3) is 10.8 Å². The van der Waals surface area contributed by atoms with Crippen molar-refractivity contribution in [3.05, 3.63) is 75.7 Å². The van der Waals surface area contributed by atoms with Crippen LogP contribution >= 0.6 is 23.1 Å². The monoisotopic (exact) mass is 434 g/mol. The minimum absolute atomic E-state index is 0.148. The Hall–Kier alpha value is -3.55. The summed E-state index contributed by atoms with van der Waals surface area (Å²) in [4.78, 5) is 25.0. The molecule has 8 nitrogen and oxygen atoms in total. The number of hydrogen-bond acceptors (Lipinski definition) is 8. The van der Waals surface area contributed by atoms with Gasteiger partial charge in [0.2, 0.25) is 5.13 Å². The Morgan fingerprint density at radius 3 is 2.63 bits per heavy atom. The molecule has 0 saturated heterocycles. The maximum absolute atomic E-state index is 12.8. The first-order chi connectivity index (χ1) is 14.5. The van der Waals surface area contributed by atoms with Crippen molar-refractivity contribution in [2.75, 3.05) is 5.32 Å². The van der Waals surface area contributed by atoms with Crippen molar-refractivity contribution in [1.82, 2.24) is 20.0 Å². The lowest BCUT2D eigenvalue weighted by atomic mass is 10.1. The Morgan fingerprint density at radius 1 is 1.17 bits per heavy atom. The van der Waals surface area contributed by atoms with Gasteiger partial charge in [-0.25, -0.2) is 4.68 Å². The van der Waals surface area contributed by atoms with Crippen LogP contribution in [0.15, 0.2) is 57.7 Å². The fraction of sp³-hybridized carbons (Fsp3) is 0.100. The van der Waals surface area contributed by atoms with Gasteiger partial charge in [-0.3, -0.25) is 14.9 Å². The summed E-state index contributed by atoms with van der Waals surface area (Å²) >= 11 is 2.74. The number of hydrogen-bond donors (Lipinski definition) is 1. The van der Waals surface area contributed by atoms with E-state index in [1.807, 2.05) is 12.1 Å². The van der Waals surface area contributed by atoms with Crippen LogP contribution in [0.4, 0.5) is 5.13 Å². The highest BCUT2D eigenvalue weighted by Gasteiger charge is 2.17. The molecule has 2 aromatic heterocycles. The van der Waals surface area contributed by atoms with Gasteiger partial charge in [-0.15, -0.1) is 10.2 Å². The first kappa shape index (κ1) is 19.8. The number of nitrogens with one attached hydrogen (secondary N) is 1. The van der Waals surface area contributed by atoms with Gasteiger partial charge in [-0.2, -0.15) is 10.4 Å². The van der Waals surface area contributed by atoms with E-state index in [1.165, 1.54) is 30.1 Å².